The fraction of sp³-hybridized carbons (Fsp3) is 0.111. The largest absolute Gasteiger partial charge is 0.501 e. The first-order valence-electron chi connectivity index (χ1n) is 7.32. The molecule has 1 atom stereocenters. The summed E-state index contributed by atoms with van der Waals surface area (Å²) in [7, 11) is 0. The fourth-order valence-corrected chi connectivity index (χ4v) is 2.70. The molecule has 0 bridgehead atoms. The van der Waals surface area contributed by atoms with E-state index in [2.05, 4.69) is 5.32 Å². The van der Waals surface area contributed by atoms with Crippen molar-refractivity contribution in [2.24, 2.45) is 0 Å². The predicted molar refractivity (Wildman–Crippen MR) is 88.4 cm³/mol. The Morgan fingerprint density at radius 3 is 2.56 bits per heavy atom. The Balaban J connectivity index is 1.90. The summed E-state index contributed by atoms with van der Waals surface area (Å²) in [5, 5.41) is 12.2. The van der Waals surface area contributed by atoms with E-state index in [0.29, 0.717) is 5.56 Å². The second kappa shape index (κ2) is 6.22. The van der Waals surface area contributed by atoms with Crippen LogP contribution in [-0.2, 0) is 15.1 Å². The number of nitrogens with one attached hydrogen (secondary N) is 1. The molecule has 5 nitrogen and oxygen atoms in total. The Morgan fingerprint density at radius 2 is 1.88 bits per heavy atom. The molecule has 1 heterocycles. The van der Waals surface area contributed by atoms with Gasteiger partial charge in [0.2, 0.25) is 17.2 Å². The molecule has 0 spiro atoms. The van der Waals surface area contributed by atoms with Gasteiger partial charge in [0.05, 0.1) is 5.02 Å². The molecule has 2 aromatic carbocycles. The summed E-state index contributed by atoms with van der Waals surface area (Å²) in [6.07, 6.45) is 0. The lowest BCUT2D eigenvalue weighted by Crippen LogP contribution is -2.33. The summed E-state index contributed by atoms with van der Waals surface area (Å²) < 4.78 is 19.7. The number of amides is 1. The van der Waals surface area contributed by atoms with Crippen LogP contribution < -0.4 is 5.32 Å². The molecule has 2 aromatic rings. The fourth-order valence-electron chi connectivity index (χ4n) is 2.53. The number of benzene rings is 2. The number of ketones is 1. The molecule has 1 aliphatic rings. The molecule has 0 radical (unpaired) electrons. The number of hydrogen-bond acceptors (Lipinski definition) is 4. The Morgan fingerprint density at radius 1 is 1.20 bits per heavy atom. The number of carbonyl (C=O) groups is 2. The lowest BCUT2D eigenvalue weighted by molar-refractivity contribution is -0.132. The second-order valence-corrected chi connectivity index (χ2v) is 5.97. The van der Waals surface area contributed by atoms with Crippen molar-refractivity contribution in [1.82, 2.24) is 5.32 Å². The number of aliphatic hydroxyl groups is 1. The lowest BCUT2D eigenvalue weighted by Gasteiger charge is -2.24. The number of halogens is 2. The quantitative estimate of drug-likeness (QED) is 0.878. The maximum Gasteiger partial charge on any atom is 0.258 e. The summed E-state index contributed by atoms with van der Waals surface area (Å²) in [6.45, 7) is 1.29. The van der Waals surface area contributed by atoms with E-state index in [1.165, 1.54) is 25.1 Å². The first-order chi connectivity index (χ1) is 11.8. The van der Waals surface area contributed by atoms with Crippen LogP contribution >= 0.6 is 11.6 Å². The average Bonchev–Trinajstić information content (AvgIpc) is 2.83. The van der Waals surface area contributed by atoms with E-state index in [1.54, 1.807) is 30.3 Å². The molecule has 0 saturated heterocycles. The van der Waals surface area contributed by atoms with Gasteiger partial charge in [-0.2, -0.15) is 0 Å². The van der Waals surface area contributed by atoms with Crippen molar-refractivity contribution in [2.75, 3.05) is 0 Å². The van der Waals surface area contributed by atoms with Gasteiger partial charge in [0.15, 0.2) is 0 Å². The number of hydrogen-bond donors (Lipinski definition) is 2. The number of aliphatic hydroxyl groups excluding tert-OH is 1. The van der Waals surface area contributed by atoms with Gasteiger partial charge in [-0.05, 0) is 25.1 Å². The van der Waals surface area contributed by atoms with Crippen LogP contribution in [0.1, 0.15) is 22.8 Å². The van der Waals surface area contributed by atoms with E-state index >= 15 is 0 Å². The first kappa shape index (κ1) is 17.0. The van der Waals surface area contributed by atoms with E-state index in [0.717, 1.165) is 0 Å². The summed E-state index contributed by atoms with van der Waals surface area (Å²) in [4.78, 5) is 24.6. The highest BCUT2D eigenvalue weighted by molar-refractivity contribution is 6.30. The van der Waals surface area contributed by atoms with Crippen LogP contribution in [0.3, 0.4) is 0 Å². The van der Waals surface area contributed by atoms with Crippen molar-refractivity contribution >= 4 is 23.3 Å². The van der Waals surface area contributed by atoms with Crippen molar-refractivity contribution < 1.29 is 23.8 Å². The van der Waals surface area contributed by atoms with Gasteiger partial charge in [-0.1, -0.05) is 41.9 Å². The molecule has 0 saturated carbocycles. The Bertz CT molecular complexity index is 897. The monoisotopic (exact) mass is 361 g/mol. The summed E-state index contributed by atoms with van der Waals surface area (Å²) in [5.41, 5.74) is -1.67. The van der Waals surface area contributed by atoms with Gasteiger partial charge in [0.1, 0.15) is 5.82 Å². The Kier molecular flexibility index (Phi) is 4.22. The van der Waals surface area contributed by atoms with Gasteiger partial charge >= 0.3 is 0 Å². The van der Waals surface area contributed by atoms with Gasteiger partial charge in [0, 0.05) is 11.1 Å². The number of Topliss-reactive ketones (excluding diaryl/α,β-unsaturated/α-hetero) is 1. The minimum absolute atomic E-state index is 0.138. The SMILES string of the molecule is CC1(c2cccc(Cl)c2F)OC(NC(=O)c2ccccc2)=C(O)C1=O. The van der Waals surface area contributed by atoms with Gasteiger partial charge in [-0.25, -0.2) is 4.39 Å². The molecular weight excluding hydrogens is 349 g/mol. The van der Waals surface area contributed by atoms with Gasteiger partial charge in [0.25, 0.3) is 11.7 Å². The third kappa shape index (κ3) is 2.85. The molecule has 0 fully saturated rings. The molecule has 1 aliphatic heterocycles. The van der Waals surface area contributed by atoms with Crippen LogP contribution in [0.5, 0.6) is 0 Å². The molecule has 0 aromatic heterocycles. The number of ether oxygens (including phenoxy) is 1. The third-order valence-electron chi connectivity index (χ3n) is 3.90. The molecule has 1 amide bonds. The van der Waals surface area contributed by atoms with Gasteiger partial charge < -0.3 is 9.84 Å². The Hall–Kier alpha value is -2.86. The number of rotatable bonds is 3. The zero-order chi connectivity index (χ0) is 18.2. The zero-order valence-corrected chi connectivity index (χ0v) is 13.8. The zero-order valence-electron chi connectivity index (χ0n) is 13.0. The van der Waals surface area contributed by atoms with Crippen molar-refractivity contribution in [2.45, 2.75) is 12.5 Å². The summed E-state index contributed by atoms with van der Waals surface area (Å²) in [6, 6.07) is 12.3. The van der Waals surface area contributed by atoms with Crippen molar-refractivity contribution in [1.29, 1.82) is 0 Å². The molecule has 2 N–H and O–H groups in total. The molecule has 7 heteroatoms. The molecule has 25 heavy (non-hydrogen) atoms. The van der Waals surface area contributed by atoms with Crippen LogP contribution in [-0.4, -0.2) is 16.8 Å². The van der Waals surface area contributed by atoms with Crippen LogP contribution in [0.25, 0.3) is 0 Å². The molecule has 1 unspecified atom stereocenters. The van der Waals surface area contributed by atoms with E-state index in [4.69, 9.17) is 16.3 Å². The highest BCUT2D eigenvalue weighted by Gasteiger charge is 2.50. The van der Waals surface area contributed by atoms with Gasteiger partial charge in [-0.15, -0.1) is 0 Å². The topological polar surface area (TPSA) is 75.6 Å². The van der Waals surface area contributed by atoms with Crippen molar-refractivity contribution in [3.63, 3.8) is 0 Å². The average molecular weight is 362 g/mol. The van der Waals surface area contributed by atoms with E-state index in [1.807, 2.05) is 0 Å². The smallest absolute Gasteiger partial charge is 0.258 e. The van der Waals surface area contributed by atoms with Crippen LogP contribution in [0.4, 0.5) is 4.39 Å². The van der Waals surface area contributed by atoms with E-state index in [9.17, 15) is 19.1 Å². The Labute approximate surface area is 147 Å². The van der Waals surface area contributed by atoms with Crippen LogP contribution in [0.2, 0.25) is 5.02 Å². The summed E-state index contributed by atoms with van der Waals surface area (Å²) in [5.74, 6) is -3.50. The minimum Gasteiger partial charge on any atom is -0.501 e. The molecule has 0 aliphatic carbocycles. The predicted octanol–water partition coefficient (Wildman–Crippen LogP) is 3.45. The van der Waals surface area contributed by atoms with E-state index in [-0.39, 0.29) is 10.6 Å². The van der Waals surface area contributed by atoms with E-state index < -0.39 is 34.8 Å². The first-order valence-corrected chi connectivity index (χ1v) is 7.70. The molecular formula is C18H13ClFNO4. The van der Waals surface area contributed by atoms with Crippen molar-refractivity contribution in [3.8, 4) is 0 Å². The lowest BCUT2D eigenvalue weighted by atomic mass is 9.91. The molecule has 128 valence electrons. The van der Waals surface area contributed by atoms with Crippen LogP contribution in [0, 0.1) is 5.82 Å². The maximum atomic E-state index is 14.3. The number of carbonyl (C=O) groups excluding carboxylic acids is 2. The van der Waals surface area contributed by atoms with Crippen molar-refractivity contribution in [3.05, 3.63) is 82.1 Å². The van der Waals surface area contributed by atoms with Gasteiger partial charge in [-0.3, -0.25) is 14.9 Å². The third-order valence-corrected chi connectivity index (χ3v) is 4.19. The maximum absolute atomic E-state index is 14.3. The normalized spacial score (nSPS) is 19.7. The van der Waals surface area contributed by atoms with Crippen LogP contribution in [0.15, 0.2) is 60.2 Å². The standard InChI is InChI=1S/C18H13ClFNO4/c1-18(11-8-5-9-12(19)13(11)20)15(23)14(22)17(25-18)21-16(24)10-6-3-2-4-7-10/h2-9,22H,1H3,(H,21,24). The minimum atomic E-state index is -1.83. The second-order valence-electron chi connectivity index (χ2n) is 5.56. The highest BCUT2D eigenvalue weighted by atomic mass is 35.5. The summed E-state index contributed by atoms with van der Waals surface area (Å²) >= 11 is 5.75. The highest BCUT2D eigenvalue weighted by Crippen LogP contribution is 2.39. The molecule has 3 rings (SSSR count).